The molecule has 0 aliphatic rings. The van der Waals surface area contributed by atoms with E-state index in [9.17, 15) is 4.79 Å². The lowest BCUT2D eigenvalue weighted by atomic mass is 10.2. The second kappa shape index (κ2) is 3.94. The Morgan fingerprint density at radius 2 is 1.85 bits per heavy atom. The summed E-state index contributed by atoms with van der Waals surface area (Å²) in [7, 11) is 0. The van der Waals surface area contributed by atoms with E-state index in [-0.39, 0.29) is 6.04 Å². The second-order valence-electron chi connectivity index (χ2n) is 3.14. The fourth-order valence-electron chi connectivity index (χ4n) is 1.27. The van der Waals surface area contributed by atoms with Gasteiger partial charge >= 0.3 is 6.03 Å². The van der Waals surface area contributed by atoms with Crippen molar-refractivity contribution in [3.8, 4) is 0 Å². The maximum Gasteiger partial charge on any atom is 0.319 e. The van der Waals surface area contributed by atoms with Gasteiger partial charge in [0.1, 0.15) is 0 Å². The Labute approximate surface area is 78.2 Å². The molecule has 2 amide bonds. The highest BCUT2D eigenvalue weighted by atomic mass is 16.2. The first-order chi connectivity index (χ1) is 6.13. The van der Waals surface area contributed by atoms with Crippen molar-refractivity contribution in [3.05, 3.63) is 30.3 Å². The van der Waals surface area contributed by atoms with Gasteiger partial charge in [0.2, 0.25) is 0 Å². The highest BCUT2D eigenvalue weighted by Crippen LogP contribution is 2.15. The molecule has 0 atom stereocenters. The van der Waals surface area contributed by atoms with Crippen LogP contribution in [0.3, 0.4) is 0 Å². The standard InChI is InChI=1S/C10H14N2O/c1-8(2)12(10(11)13)9-6-4-3-5-7-9/h3-8H,1-2H3,(H2,11,13). The van der Waals surface area contributed by atoms with E-state index < -0.39 is 6.03 Å². The van der Waals surface area contributed by atoms with Gasteiger partial charge in [0.05, 0.1) is 0 Å². The molecule has 0 spiro atoms. The first-order valence-corrected chi connectivity index (χ1v) is 4.26. The van der Waals surface area contributed by atoms with Crippen LogP contribution in [0, 0.1) is 0 Å². The van der Waals surface area contributed by atoms with E-state index in [1.165, 1.54) is 0 Å². The molecule has 2 N–H and O–H groups in total. The van der Waals surface area contributed by atoms with Gasteiger partial charge in [-0.15, -0.1) is 0 Å². The third-order valence-electron chi connectivity index (χ3n) is 1.79. The number of rotatable bonds is 2. The van der Waals surface area contributed by atoms with Gasteiger partial charge in [0.25, 0.3) is 0 Å². The molecular formula is C10H14N2O. The van der Waals surface area contributed by atoms with Crippen molar-refractivity contribution in [3.63, 3.8) is 0 Å². The number of carbonyl (C=O) groups is 1. The molecule has 0 saturated heterocycles. The number of hydrogen-bond donors (Lipinski definition) is 1. The van der Waals surface area contributed by atoms with E-state index in [0.29, 0.717) is 0 Å². The van der Waals surface area contributed by atoms with Crippen LogP contribution in [-0.2, 0) is 0 Å². The SMILES string of the molecule is CC(C)N(C(N)=O)c1ccccc1. The minimum absolute atomic E-state index is 0.0832. The van der Waals surface area contributed by atoms with Crippen LogP contribution in [0.25, 0.3) is 0 Å². The summed E-state index contributed by atoms with van der Waals surface area (Å²) < 4.78 is 0. The van der Waals surface area contributed by atoms with Gasteiger partial charge in [0.15, 0.2) is 0 Å². The highest BCUT2D eigenvalue weighted by molar-refractivity contribution is 5.91. The topological polar surface area (TPSA) is 46.3 Å². The minimum Gasteiger partial charge on any atom is -0.351 e. The quantitative estimate of drug-likeness (QED) is 0.739. The van der Waals surface area contributed by atoms with E-state index in [1.807, 2.05) is 44.2 Å². The van der Waals surface area contributed by atoms with Crippen LogP contribution in [0.15, 0.2) is 30.3 Å². The summed E-state index contributed by atoms with van der Waals surface area (Å²) in [5, 5.41) is 0. The van der Waals surface area contributed by atoms with E-state index in [4.69, 9.17) is 5.73 Å². The van der Waals surface area contributed by atoms with Crippen molar-refractivity contribution in [2.75, 3.05) is 4.90 Å². The number of nitrogens with two attached hydrogens (primary N) is 1. The molecule has 3 heteroatoms. The number of anilines is 1. The largest absolute Gasteiger partial charge is 0.351 e. The lowest BCUT2D eigenvalue weighted by Gasteiger charge is -2.24. The number of urea groups is 1. The van der Waals surface area contributed by atoms with Crippen molar-refractivity contribution in [2.45, 2.75) is 19.9 Å². The van der Waals surface area contributed by atoms with Crippen molar-refractivity contribution in [2.24, 2.45) is 5.73 Å². The molecule has 3 nitrogen and oxygen atoms in total. The summed E-state index contributed by atoms with van der Waals surface area (Å²) >= 11 is 0. The van der Waals surface area contributed by atoms with Gasteiger partial charge in [0, 0.05) is 11.7 Å². The van der Waals surface area contributed by atoms with Gasteiger partial charge in [-0.05, 0) is 26.0 Å². The van der Waals surface area contributed by atoms with Gasteiger partial charge in [-0.2, -0.15) is 0 Å². The first kappa shape index (κ1) is 9.58. The number of nitrogens with zero attached hydrogens (tertiary/aromatic N) is 1. The summed E-state index contributed by atoms with van der Waals surface area (Å²) in [4.78, 5) is 12.6. The Kier molecular flexibility index (Phi) is 2.90. The predicted octanol–water partition coefficient (Wildman–Crippen LogP) is 1.98. The monoisotopic (exact) mass is 178 g/mol. The lowest BCUT2D eigenvalue weighted by Crippen LogP contribution is -2.40. The molecular weight excluding hydrogens is 164 g/mol. The Morgan fingerprint density at radius 1 is 1.31 bits per heavy atom. The van der Waals surface area contributed by atoms with Gasteiger partial charge < -0.3 is 5.73 Å². The summed E-state index contributed by atoms with van der Waals surface area (Å²) in [6.07, 6.45) is 0. The average molecular weight is 178 g/mol. The number of primary amides is 1. The van der Waals surface area contributed by atoms with Crippen LogP contribution in [0.2, 0.25) is 0 Å². The molecule has 1 aromatic rings. The van der Waals surface area contributed by atoms with Crippen molar-refractivity contribution in [1.29, 1.82) is 0 Å². The average Bonchev–Trinajstić information content (AvgIpc) is 2.04. The predicted molar refractivity (Wildman–Crippen MR) is 53.6 cm³/mol. The summed E-state index contributed by atoms with van der Waals surface area (Å²) in [6.45, 7) is 3.86. The van der Waals surface area contributed by atoms with Crippen LogP contribution in [0.4, 0.5) is 10.5 Å². The zero-order chi connectivity index (χ0) is 9.84. The molecule has 0 radical (unpaired) electrons. The molecule has 1 aromatic carbocycles. The number of carbonyl (C=O) groups excluding carboxylic acids is 1. The fraction of sp³-hybridized carbons (Fsp3) is 0.300. The first-order valence-electron chi connectivity index (χ1n) is 4.26. The molecule has 0 aliphatic heterocycles. The summed E-state index contributed by atoms with van der Waals surface area (Å²) in [5.41, 5.74) is 6.09. The van der Waals surface area contributed by atoms with Crippen LogP contribution >= 0.6 is 0 Å². The molecule has 13 heavy (non-hydrogen) atoms. The van der Waals surface area contributed by atoms with Crippen molar-refractivity contribution < 1.29 is 4.79 Å². The maximum atomic E-state index is 11.1. The zero-order valence-electron chi connectivity index (χ0n) is 7.90. The number of hydrogen-bond acceptors (Lipinski definition) is 1. The van der Waals surface area contributed by atoms with Crippen LogP contribution in [-0.4, -0.2) is 12.1 Å². The van der Waals surface area contributed by atoms with E-state index in [1.54, 1.807) is 4.90 Å². The third-order valence-corrected chi connectivity index (χ3v) is 1.79. The third kappa shape index (κ3) is 2.21. The number of amides is 2. The summed E-state index contributed by atoms with van der Waals surface area (Å²) in [6, 6.07) is 9.07. The molecule has 0 aromatic heterocycles. The number of benzene rings is 1. The van der Waals surface area contributed by atoms with E-state index in [2.05, 4.69) is 0 Å². The number of para-hydroxylation sites is 1. The van der Waals surface area contributed by atoms with E-state index in [0.717, 1.165) is 5.69 Å². The van der Waals surface area contributed by atoms with Gasteiger partial charge in [-0.3, -0.25) is 4.90 Å². The fourth-order valence-corrected chi connectivity index (χ4v) is 1.27. The normalized spacial score (nSPS) is 10.1. The zero-order valence-corrected chi connectivity index (χ0v) is 7.90. The molecule has 0 fully saturated rings. The lowest BCUT2D eigenvalue weighted by molar-refractivity contribution is 0.252. The molecule has 0 aliphatic carbocycles. The second-order valence-corrected chi connectivity index (χ2v) is 3.14. The van der Waals surface area contributed by atoms with Crippen LogP contribution in [0.5, 0.6) is 0 Å². The molecule has 1 rings (SSSR count). The maximum absolute atomic E-state index is 11.1. The van der Waals surface area contributed by atoms with Gasteiger partial charge in [-0.1, -0.05) is 18.2 Å². The molecule has 0 unspecified atom stereocenters. The molecule has 0 bridgehead atoms. The smallest absolute Gasteiger partial charge is 0.319 e. The van der Waals surface area contributed by atoms with Crippen molar-refractivity contribution in [1.82, 2.24) is 0 Å². The van der Waals surface area contributed by atoms with Gasteiger partial charge in [-0.25, -0.2) is 4.79 Å². The molecule has 70 valence electrons. The summed E-state index contributed by atoms with van der Waals surface area (Å²) in [5.74, 6) is 0. The van der Waals surface area contributed by atoms with Crippen LogP contribution in [0.1, 0.15) is 13.8 Å². The Hall–Kier alpha value is -1.51. The Balaban J connectivity index is 2.96. The molecule has 0 heterocycles. The molecule has 0 saturated carbocycles. The van der Waals surface area contributed by atoms with E-state index >= 15 is 0 Å². The minimum atomic E-state index is -0.416. The Morgan fingerprint density at radius 3 is 2.23 bits per heavy atom. The highest BCUT2D eigenvalue weighted by Gasteiger charge is 2.14. The van der Waals surface area contributed by atoms with Crippen molar-refractivity contribution >= 4 is 11.7 Å². The Bertz CT molecular complexity index is 282. The van der Waals surface area contributed by atoms with Crippen LogP contribution < -0.4 is 10.6 Å².